The van der Waals surface area contributed by atoms with Crippen LogP contribution in [0.3, 0.4) is 0 Å². The smallest absolute Gasteiger partial charge is 0.333 e. The third kappa shape index (κ3) is 7.63. The molecule has 0 aliphatic rings. The van der Waals surface area contributed by atoms with Crippen LogP contribution in [0.5, 0.6) is 11.5 Å². The van der Waals surface area contributed by atoms with Crippen LogP contribution < -0.4 is 9.47 Å². The van der Waals surface area contributed by atoms with Gasteiger partial charge in [-0.3, -0.25) is 0 Å². The second-order valence-electron chi connectivity index (χ2n) is 9.86. The highest BCUT2D eigenvalue weighted by Crippen LogP contribution is 2.32. The Hall–Kier alpha value is -4.84. The van der Waals surface area contributed by atoms with Crippen molar-refractivity contribution in [2.24, 2.45) is 0 Å². The van der Waals surface area contributed by atoms with Crippen molar-refractivity contribution in [3.63, 3.8) is 0 Å². The van der Waals surface area contributed by atoms with Crippen LogP contribution in [0.15, 0.2) is 115 Å². The number of hydrogen-bond acceptors (Lipinski definition) is 6. The molecule has 2 atom stereocenters. The van der Waals surface area contributed by atoms with Crippen LogP contribution in [0.2, 0.25) is 0 Å². The first kappa shape index (κ1) is 29.2. The van der Waals surface area contributed by atoms with E-state index in [-0.39, 0.29) is 13.2 Å². The number of hydrogen-bond donors (Lipinski definition) is 0. The molecule has 4 aromatic rings. The number of ether oxygens (including phenoxy) is 4. The molecule has 0 aliphatic carbocycles. The number of esters is 2. The fourth-order valence-electron chi connectivity index (χ4n) is 4.22. The molecule has 0 bridgehead atoms. The summed E-state index contributed by atoms with van der Waals surface area (Å²) in [5, 5.41) is 1.97. The highest BCUT2D eigenvalue weighted by Gasteiger charge is 2.20. The topological polar surface area (TPSA) is 71.1 Å². The summed E-state index contributed by atoms with van der Waals surface area (Å²) in [5.41, 5.74) is 3.28. The van der Waals surface area contributed by atoms with Gasteiger partial charge in [-0.1, -0.05) is 86.0 Å². The quantitative estimate of drug-likeness (QED) is 0.133. The van der Waals surface area contributed by atoms with Crippen molar-refractivity contribution in [3.8, 4) is 11.5 Å². The zero-order valence-corrected chi connectivity index (χ0v) is 23.6. The highest BCUT2D eigenvalue weighted by molar-refractivity contribution is 5.89. The molecule has 0 saturated heterocycles. The average Bonchev–Trinajstić information content (AvgIpc) is 2.98. The molecule has 2 unspecified atom stereocenters. The summed E-state index contributed by atoms with van der Waals surface area (Å²) >= 11 is 0. The second-order valence-corrected chi connectivity index (χ2v) is 9.86. The van der Waals surface area contributed by atoms with E-state index in [9.17, 15) is 9.59 Å². The number of benzene rings is 4. The van der Waals surface area contributed by atoms with E-state index in [0.29, 0.717) is 22.6 Å². The molecule has 4 aromatic carbocycles. The molecule has 0 saturated carbocycles. The number of carbonyl (C=O) groups excluding carboxylic acids is 2. The molecule has 0 aromatic heterocycles. The molecule has 0 fully saturated rings. The Morgan fingerprint density at radius 2 is 1.20 bits per heavy atom. The molecule has 0 N–H and O–H groups in total. The Bertz CT molecular complexity index is 1540. The van der Waals surface area contributed by atoms with E-state index in [2.05, 4.69) is 13.2 Å². The van der Waals surface area contributed by atoms with E-state index >= 15 is 0 Å². The van der Waals surface area contributed by atoms with Gasteiger partial charge in [0.2, 0.25) is 0 Å². The lowest BCUT2D eigenvalue weighted by Crippen LogP contribution is -2.18. The van der Waals surface area contributed by atoms with E-state index in [1.807, 2.05) is 97.9 Å². The number of fused-ring (bicyclic) bond motifs is 1. The van der Waals surface area contributed by atoms with Crippen molar-refractivity contribution in [2.75, 3.05) is 13.2 Å². The summed E-state index contributed by atoms with van der Waals surface area (Å²) in [6.07, 6.45) is -1.16. The van der Waals surface area contributed by atoms with Crippen LogP contribution in [-0.4, -0.2) is 25.2 Å². The Morgan fingerprint density at radius 3 is 1.71 bits per heavy atom. The molecule has 6 heteroatoms. The van der Waals surface area contributed by atoms with Gasteiger partial charge in [0.15, 0.2) is 12.2 Å². The minimum atomic E-state index is -0.581. The SMILES string of the molecule is C=C(C)C(=O)OC(COc1ccc2c(C)c(OCC(OC(=O)C(=C)C)c3ccccc3)ccc2c1)c1ccccc1. The number of rotatable bonds is 12. The zero-order chi connectivity index (χ0) is 29.4. The van der Waals surface area contributed by atoms with Crippen molar-refractivity contribution in [3.05, 3.63) is 132 Å². The molecule has 41 heavy (non-hydrogen) atoms. The summed E-state index contributed by atoms with van der Waals surface area (Å²) in [6, 6.07) is 28.6. The first-order valence-corrected chi connectivity index (χ1v) is 13.3. The lowest BCUT2D eigenvalue weighted by molar-refractivity contribution is -0.147. The Morgan fingerprint density at radius 1 is 0.683 bits per heavy atom. The van der Waals surface area contributed by atoms with Crippen LogP contribution in [0, 0.1) is 6.92 Å². The molecule has 210 valence electrons. The molecule has 6 nitrogen and oxygen atoms in total. The van der Waals surface area contributed by atoms with E-state index in [4.69, 9.17) is 18.9 Å². The molecule has 0 radical (unpaired) electrons. The predicted octanol–water partition coefficient (Wildman–Crippen LogP) is 7.63. The standard InChI is InChI=1S/C35H34O6/c1-23(2)34(36)40-32(26-12-8-6-9-13-26)21-38-29-17-18-30-25(5)31(19-16-28(30)20-29)39-22-33(41-35(37)24(3)4)27-14-10-7-11-15-27/h6-20,32-33H,1,3,21-22H2,2,4-5H3. The fourth-order valence-corrected chi connectivity index (χ4v) is 4.22. The summed E-state index contributed by atoms with van der Waals surface area (Å²) in [5.74, 6) is 0.408. The van der Waals surface area contributed by atoms with Gasteiger partial charge in [-0.05, 0) is 66.4 Å². The van der Waals surface area contributed by atoms with Crippen LogP contribution in [0.25, 0.3) is 10.8 Å². The second kappa shape index (κ2) is 13.5. The maximum absolute atomic E-state index is 12.3. The van der Waals surface area contributed by atoms with Gasteiger partial charge >= 0.3 is 11.9 Å². The van der Waals surface area contributed by atoms with Crippen molar-refractivity contribution < 1.29 is 28.5 Å². The minimum absolute atomic E-state index is 0.151. The van der Waals surface area contributed by atoms with Crippen LogP contribution in [0.1, 0.15) is 42.7 Å². The van der Waals surface area contributed by atoms with Gasteiger partial charge in [0.1, 0.15) is 24.7 Å². The van der Waals surface area contributed by atoms with Gasteiger partial charge in [0, 0.05) is 11.1 Å². The number of aryl methyl sites for hydroxylation is 1. The Balaban J connectivity index is 1.48. The van der Waals surface area contributed by atoms with Gasteiger partial charge in [-0.2, -0.15) is 0 Å². The van der Waals surface area contributed by atoms with Gasteiger partial charge < -0.3 is 18.9 Å². The van der Waals surface area contributed by atoms with Gasteiger partial charge in [-0.15, -0.1) is 0 Å². The maximum atomic E-state index is 12.3. The fraction of sp³-hybridized carbons (Fsp3) is 0.200. The lowest BCUT2D eigenvalue weighted by Gasteiger charge is -2.21. The normalized spacial score (nSPS) is 12.2. The summed E-state index contributed by atoms with van der Waals surface area (Å²) in [4.78, 5) is 24.5. The molecule has 0 aliphatic heterocycles. The summed E-state index contributed by atoms with van der Waals surface area (Å²) in [7, 11) is 0. The van der Waals surface area contributed by atoms with E-state index in [1.54, 1.807) is 13.8 Å². The third-order valence-corrected chi connectivity index (χ3v) is 6.54. The zero-order valence-electron chi connectivity index (χ0n) is 23.6. The molecular formula is C35H34O6. The van der Waals surface area contributed by atoms with E-state index < -0.39 is 24.1 Å². The number of carbonyl (C=O) groups is 2. The van der Waals surface area contributed by atoms with Crippen molar-refractivity contribution in [2.45, 2.75) is 33.0 Å². The molecule has 0 spiro atoms. The lowest BCUT2D eigenvalue weighted by atomic mass is 10.0. The van der Waals surface area contributed by atoms with E-state index in [0.717, 1.165) is 27.5 Å². The minimum Gasteiger partial charge on any atom is -0.489 e. The highest BCUT2D eigenvalue weighted by atomic mass is 16.6. The van der Waals surface area contributed by atoms with E-state index in [1.165, 1.54) is 0 Å². The predicted molar refractivity (Wildman–Crippen MR) is 160 cm³/mol. The summed E-state index contributed by atoms with van der Waals surface area (Å²) < 4.78 is 23.5. The third-order valence-electron chi connectivity index (χ3n) is 6.54. The molecular weight excluding hydrogens is 516 g/mol. The molecule has 4 rings (SSSR count). The largest absolute Gasteiger partial charge is 0.489 e. The first-order chi connectivity index (χ1) is 19.7. The van der Waals surface area contributed by atoms with Crippen molar-refractivity contribution in [1.82, 2.24) is 0 Å². The average molecular weight is 551 g/mol. The first-order valence-electron chi connectivity index (χ1n) is 13.3. The van der Waals surface area contributed by atoms with Crippen LogP contribution in [0.4, 0.5) is 0 Å². The molecule has 0 heterocycles. The summed E-state index contributed by atoms with van der Waals surface area (Å²) in [6.45, 7) is 12.9. The monoisotopic (exact) mass is 550 g/mol. The van der Waals surface area contributed by atoms with Gasteiger partial charge in [0.05, 0.1) is 0 Å². The van der Waals surface area contributed by atoms with Gasteiger partial charge in [0.25, 0.3) is 0 Å². The van der Waals surface area contributed by atoms with Gasteiger partial charge in [-0.25, -0.2) is 9.59 Å². The van der Waals surface area contributed by atoms with Crippen molar-refractivity contribution >= 4 is 22.7 Å². The van der Waals surface area contributed by atoms with Crippen LogP contribution >= 0.6 is 0 Å². The van der Waals surface area contributed by atoms with Crippen molar-refractivity contribution in [1.29, 1.82) is 0 Å². The Kier molecular flexibility index (Phi) is 9.59. The Labute approximate surface area is 240 Å². The maximum Gasteiger partial charge on any atom is 0.333 e. The van der Waals surface area contributed by atoms with Crippen LogP contribution in [-0.2, 0) is 19.1 Å². The molecule has 0 amide bonds.